The third-order valence-corrected chi connectivity index (χ3v) is 3.32. The van der Waals surface area contributed by atoms with Gasteiger partial charge in [-0.05, 0) is 30.7 Å². The van der Waals surface area contributed by atoms with E-state index in [4.69, 9.17) is 5.73 Å². The number of likely N-dealkylation sites (N-methyl/N-ethyl adjacent to an activating group) is 1. The zero-order valence-corrected chi connectivity index (χ0v) is 12.0. The first-order valence-corrected chi connectivity index (χ1v) is 6.60. The topological polar surface area (TPSA) is 95.7 Å². The van der Waals surface area contributed by atoms with Crippen molar-refractivity contribution in [1.29, 1.82) is 0 Å². The molecular weight excluding hydrogens is 272 g/mol. The van der Waals surface area contributed by atoms with Crippen molar-refractivity contribution in [3.05, 3.63) is 23.8 Å². The van der Waals surface area contributed by atoms with E-state index >= 15 is 0 Å². The molecule has 0 saturated carbocycles. The highest BCUT2D eigenvalue weighted by Crippen LogP contribution is 2.18. The second-order valence-electron chi connectivity index (χ2n) is 5.06. The van der Waals surface area contributed by atoms with Crippen molar-refractivity contribution in [3.63, 3.8) is 0 Å². The third-order valence-electron chi connectivity index (χ3n) is 3.32. The second kappa shape index (κ2) is 5.82. The predicted octanol–water partition coefficient (Wildman–Crippen LogP) is 0.800. The molecule has 0 bridgehead atoms. The van der Waals surface area contributed by atoms with Gasteiger partial charge in [0.25, 0.3) is 0 Å². The molecule has 1 aliphatic heterocycles. The van der Waals surface area contributed by atoms with Crippen LogP contribution in [0.25, 0.3) is 0 Å². The maximum Gasteiger partial charge on any atom is 0.326 e. The number of carbonyl (C=O) groups is 3. The molecule has 0 spiro atoms. The van der Waals surface area contributed by atoms with Gasteiger partial charge in [-0.3, -0.25) is 14.5 Å². The maximum absolute atomic E-state index is 11.9. The quantitative estimate of drug-likeness (QED) is 0.633. The number of nitrogens with zero attached hydrogens (tertiary/aromatic N) is 2. The standard InChI is InChI=1S/C14H18N4O3/c1-9-7-10(15)3-4-11(9)16-12(19)5-6-18-13(20)8-17(2)14(18)21/h3-4,7H,5-6,8,15H2,1-2H3,(H,16,19). The summed E-state index contributed by atoms with van der Waals surface area (Å²) in [4.78, 5) is 37.6. The molecule has 1 saturated heterocycles. The molecule has 0 unspecified atom stereocenters. The lowest BCUT2D eigenvalue weighted by Crippen LogP contribution is -2.34. The van der Waals surface area contributed by atoms with E-state index in [1.54, 1.807) is 25.2 Å². The lowest BCUT2D eigenvalue weighted by Gasteiger charge is -2.14. The number of urea groups is 1. The minimum absolute atomic E-state index is 0.0646. The largest absolute Gasteiger partial charge is 0.399 e. The van der Waals surface area contributed by atoms with Crippen molar-refractivity contribution in [1.82, 2.24) is 9.80 Å². The van der Waals surface area contributed by atoms with Gasteiger partial charge in [0, 0.05) is 31.4 Å². The third kappa shape index (κ3) is 3.31. The summed E-state index contributed by atoms with van der Waals surface area (Å²) in [6.07, 6.45) is 0.0646. The summed E-state index contributed by atoms with van der Waals surface area (Å²) in [5.41, 5.74) is 7.80. The number of aryl methyl sites for hydroxylation is 1. The average molecular weight is 290 g/mol. The Morgan fingerprint density at radius 2 is 2.10 bits per heavy atom. The van der Waals surface area contributed by atoms with Crippen LogP contribution in [0.3, 0.4) is 0 Å². The van der Waals surface area contributed by atoms with Crippen molar-refractivity contribution < 1.29 is 14.4 Å². The van der Waals surface area contributed by atoms with Crippen molar-refractivity contribution in [2.45, 2.75) is 13.3 Å². The van der Waals surface area contributed by atoms with E-state index in [0.717, 1.165) is 10.5 Å². The fraction of sp³-hybridized carbons (Fsp3) is 0.357. The summed E-state index contributed by atoms with van der Waals surface area (Å²) in [5, 5.41) is 2.74. The SMILES string of the molecule is Cc1cc(N)ccc1NC(=O)CCN1C(=O)CN(C)C1=O. The van der Waals surface area contributed by atoms with Crippen LogP contribution < -0.4 is 11.1 Å². The lowest BCUT2D eigenvalue weighted by molar-refractivity contribution is -0.125. The minimum Gasteiger partial charge on any atom is -0.399 e. The summed E-state index contributed by atoms with van der Waals surface area (Å²) in [6.45, 7) is 1.99. The zero-order valence-electron chi connectivity index (χ0n) is 12.0. The summed E-state index contributed by atoms with van der Waals surface area (Å²) < 4.78 is 0. The van der Waals surface area contributed by atoms with Gasteiger partial charge in [-0.1, -0.05) is 0 Å². The van der Waals surface area contributed by atoms with Crippen LogP contribution in [0.1, 0.15) is 12.0 Å². The lowest BCUT2D eigenvalue weighted by atomic mass is 10.2. The number of nitrogens with one attached hydrogen (secondary N) is 1. The molecule has 0 radical (unpaired) electrons. The van der Waals surface area contributed by atoms with Crippen LogP contribution in [-0.4, -0.2) is 47.8 Å². The van der Waals surface area contributed by atoms with E-state index in [9.17, 15) is 14.4 Å². The first-order chi connectivity index (χ1) is 9.88. The van der Waals surface area contributed by atoms with Gasteiger partial charge in [0.1, 0.15) is 6.54 Å². The zero-order chi connectivity index (χ0) is 15.6. The number of nitrogens with two attached hydrogens (primary N) is 1. The van der Waals surface area contributed by atoms with E-state index < -0.39 is 0 Å². The minimum atomic E-state index is -0.364. The Labute approximate surface area is 122 Å². The molecule has 1 aromatic rings. The normalized spacial score (nSPS) is 14.8. The summed E-state index contributed by atoms with van der Waals surface area (Å²) >= 11 is 0. The fourth-order valence-electron chi connectivity index (χ4n) is 2.14. The van der Waals surface area contributed by atoms with Gasteiger partial charge in [-0.2, -0.15) is 0 Å². The molecule has 112 valence electrons. The Bertz CT molecular complexity index is 600. The number of anilines is 2. The van der Waals surface area contributed by atoms with Crippen LogP contribution in [0, 0.1) is 6.92 Å². The molecule has 3 N–H and O–H groups in total. The molecule has 0 aliphatic carbocycles. The Morgan fingerprint density at radius 3 is 2.67 bits per heavy atom. The number of carbonyl (C=O) groups excluding carboxylic acids is 3. The Hall–Kier alpha value is -2.57. The summed E-state index contributed by atoms with van der Waals surface area (Å²) in [6, 6.07) is 4.82. The molecule has 0 atom stereocenters. The maximum atomic E-state index is 11.9. The van der Waals surface area contributed by atoms with Gasteiger partial charge >= 0.3 is 6.03 Å². The summed E-state index contributed by atoms with van der Waals surface area (Å²) in [5.74, 6) is -0.531. The van der Waals surface area contributed by atoms with Crippen LogP contribution in [0.4, 0.5) is 16.2 Å². The average Bonchev–Trinajstić information content (AvgIpc) is 2.65. The highest BCUT2D eigenvalue weighted by molar-refractivity contribution is 6.02. The van der Waals surface area contributed by atoms with Crippen LogP contribution in [0.15, 0.2) is 18.2 Å². The number of amides is 4. The van der Waals surface area contributed by atoms with E-state index in [1.807, 2.05) is 6.92 Å². The molecule has 0 aromatic heterocycles. The number of imide groups is 1. The first-order valence-electron chi connectivity index (χ1n) is 6.60. The summed E-state index contributed by atoms with van der Waals surface area (Å²) in [7, 11) is 1.55. The highest BCUT2D eigenvalue weighted by atomic mass is 16.2. The van der Waals surface area contributed by atoms with Gasteiger partial charge in [0.2, 0.25) is 11.8 Å². The molecular formula is C14H18N4O3. The molecule has 7 heteroatoms. The first kappa shape index (κ1) is 14.8. The second-order valence-corrected chi connectivity index (χ2v) is 5.06. The van der Waals surface area contributed by atoms with Gasteiger partial charge in [-0.15, -0.1) is 0 Å². The molecule has 1 heterocycles. The van der Waals surface area contributed by atoms with Gasteiger partial charge < -0.3 is 16.0 Å². The van der Waals surface area contributed by atoms with Gasteiger partial charge in [0.05, 0.1) is 0 Å². The number of rotatable bonds is 4. The Balaban J connectivity index is 1.91. The molecule has 7 nitrogen and oxygen atoms in total. The molecule has 21 heavy (non-hydrogen) atoms. The number of hydrogen-bond acceptors (Lipinski definition) is 4. The van der Waals surface area contributed by atoms with Gasteiger partial charge in [-0.25, -0.2) is 4.79 Å². The fourth-order valence-corrected chi connectivity index (χ4v) is 2.14. The Morgan fingerprint density at radius 1 is 1.38 bits per heavy atom. The predicted molar refractivity (Wildman–Crippen MR) is 78.6 cm³/mol. The molecule has 1 fully saturated rings. The van der Waals surface area contributed by atoms with Crippen LogP contribution in [0.2, 0.25) is 0 Å². The van der Waals surface area contributed by atoms with Crippen LogP contribution in [0.5, 0.6) is 0 Å². The molecule has 1 aliphatic rings. The molecule has 1 aromatic carbocycles. The monoisotopic (exact) mass is 290 g/mol. The number of benzene rings is 1. The number of nitrogen functional groups attached to an aromatic ring is 1. The van der Waals surface area contributed by atoms with E-state index in [-0.39, 0.29) is 37.4 Å². The van der Waals surface area contributed by atoms with Crippen molar-refractivity contribution >= 4 is 29.2 Å². The van der Waals surface area contributed by atoms with Crippen molar-refractivity contribution in [2.75, 3.05) is 31.2 Å². The Kier molecular flexibility index (Phi) is 4.11. The van der Waals surface area contributed by atoms with Crippen molar-refractivity contribution in [2.24, 2.45) is 0 Å². The molecule has 4 amide bonds. The molecule has 2 rings (SSSR count). The van der Waals surface area contributed by atoms with Gasteiger partial charge in [0.15, 0.2) is 0 Å². The highest BCUT2D eigenvalue weighted by Gasteiger charge is 2.33. The smallest absolute Gasteiger partial charge is 0.326 e. The van der Waals surface area contributed by atoms with Crippen LogP contribution in [-0.2, 0) is 9.59 Å². The van der Waals surface area contributed by atoms with E-state index in [1.165, 1.54) is 4.90 Å². The van der Waals surface area contributed by atoms with Crippen molar-refractivity contribution in [3.8, 4) is 0 Å². The van der Waals surface area contributed by atoms with E-state index in [2.05, 4.69) is 5.32 Å². The van der Waals surface area contributed by atoms with E-state index in [0.29, 0.717) is 11.4 Å². The number of hydrogen-bond donors (Lipinski definition) is 2. The van der Waals surface area contributed by atoms with Crippen LogP contribution >= 0.6 is 0 Å².